The summed E-state index contributed by atoms with van der Waals surface area (Å²) in [6.07, 6.45) is 4.72. The summed E-state index contributed by atoms with van der Waals surface area (Å²) in [6.45, 7) is 5.28. The third-order valence-electron chi connectivity index (χ3n) is 4.84. The van der Waals surface area contributed by atoms with Gasteiger partial charge in [-0.2, -0.15) is 5.10 Å². The van der Waals surface area contributed by atoms with Crippen LogP contribution in [0, 0.1) is 5.92 Å². The molecule has 3 aliphatic rings. The van der Waals surface area contributed by atoms with Crippen molar-refractivity contribution in [2.45, 2.75) is 44.1 Å². The zero-order valence-corrected chi connectivity index (χ0v) is 12.0. The van der Waals surface area contributed by atoms with Crippen molar-refractivity contribution in [3.05, 3.63) is 28.5 Å². The molecule has 1 aromatic rings. The van der Waals surface area contributed by atoms with Crippen LogP contribution >= 0.6 is 0 Å². The van der Waals surface area contributed by atoms with E-state index in [9.17, 15) is 9.59 Å². The van der Waals surface area contributed by atoms with Crippen molar-refractivity contribution in [1.82, 2.24) is 19.7 Å². The van der Waals surface area contributed by atoms with Crippen LogP contribution in [-0.2, 0) is 4.79 Å². The van der Waals surface area contributed by atoms with E-state index in [-0.39, 0.29) is 23.6 Å². The number of carbonyl (C=O) groups excluding carboxylic acids is 1. The van der Waals surface area contributed by atoms with Gasteiger partial charge in [-0.3, -0.25) is 9.78 Å². The molecule has 6 heteroatoms. The smallest absolute Gasteiger partial charge is 0.342 e. The predicted octanol–water partition coefficient (Wildman–Crippen LogP) is 1.19. The molecular formula is C15H20N4O2. The van der Waals surface area contributed by atoms with Crippen molar-refractivity contribution in [1.29, 1.82) is 0 Å². The van der Waals surface area contributed by atoms with Crippen LogP contribution in [0.1, 0.15) is 49.9 Å². The molecule has 1 unspecified atom stereocenters. The average Bonchev–Trinajstić information content (AvgIpc) is 3.40. The molecule has 1 N–H and O–H groups in total. The summed E-state index contributed by atoms with van der Waals surface area (Å²) in [7, 11) is 0. The van der Waals surface area contributed by atoms with E-state index in [2.05, 4.69) is 16.7 Å². The van der Waals surface area contributed by atoms with Crippen molar-refractivity contribution >= 4 is 5.91 Å². The van der Waals surface area contributed by atoms with Crippen LogP contribution in [-0.4, -0.2) is 38.7 Å². The lowest BCUT2D eigenvalue weighted by Gasteiger charge is -2.31. The van der Waals surface area contributed by atoms with Gasteiger partial charge in [0.05, 0.1) is 12.0 Å². The number of hydrogen-bond acceptors (Lipinski definition) is 3. The Balaban J connectivity index is 1.41. The summed E-state index contributed by atoms with van der Waals surface area (Å²) in [5.74, 6) is 1.58. The maximum atomic E-state index is 12.2. The lowest BCUT2D eigenvalue weighted by molar-refractivity contribution is -0.133. The predicted molar refractivity (Wildman–Crippen MR) is 76.9 cm³/mol. The molecule has 1 saturated heterocycles. The van der Waals surface area contributed by atoms with Crippen LogP contribution in [0.5, 0.6) is 0 Å². The van der Waals surface area contributed by atoms with Crippen molar-refractivity contribution < 1.29 is 4.79 Å². The van der Waals surface area contributed by atoms with E-state index in [1.54, 1.807) is 4.68 Å². The fourth-order valence-corrected chi connectivity index (χ4v) is 3.16. The number of nitrogens with zero attached hydrogens (tertiary/aromatic N) is 3. The molecule has 0 aromatic carbocycles. The quantitative estimate of drug-likeness (QED) is 0.849. The maximum absolute atomic E-state index is 12.2. The number of piperidine rings is 1. The van der Waals surface area contributed by atoms with Crippen molar-refractivity contribution in [3.63, 3.8) is 0 Å². The number of aromatic amines is 1. The Labute approximate surface area is 122 Å². The summed E-state index contributed by atoms with van der Waals surface area (Å²) in [5, 5.41) is 4.46. The highest BCUT2D eigenvalue weighted by atomic mass is 16.2. The zero-order valence-electron chi connectivity index (χ0n) is 12.0. The Morgan fingerprint density at radius 1 is 1.24 bits per heavy atom. The number of likely N-dealkylation sites (tertiary alicyclic amines) is 1. The molecule has 0 spiro atoms. The number of amides is 1. The first-order valence-corrected chi connectivity index (χ1v) is 7.78. The van der Waals surface area contributed by atoms with Crippen molar-refractivity contribution in [3.8, 4) is 0 Å². The second kappa shape index (κ2) is 4.58. The van der Waals surface area contributed by atoms with E-state index in [1.807, 2.05) is 4.90 Å². The minimum Gasteiger partial charge on any atom is -0.342 e. The lowest BCUT2D eigenvalue weighted by atomic mass is 10.0. The third kappa shape index (κ3) is 2.32. The minimum absolute atomic E-state index is 0.0659. The zero-order chi connectivity index (χ0) is 14.6. The fraction of sp³-hybridized carbons (Fsp3) is 0.667. The van der Waals surface area contributed by atoms with Gasteiger partial charge in [0, 0.05) is 19.0 Å². The van der Waals surface area contributed by atoms with E-state index in [0.29, 0.717) is 19.0 Å². The molecule has 3 fully saturated rings. The summed E-state index contributed by atoms with van der Waals surface area (Å²) < 4.78 is 1.60. The van der Waals surface area contributed by atoms with Crippen LogP contribution in [0.25, 0.3) is 0 Å². The first-order valence-electron chi connectivity index (χ1n) is 7.78. The van der Waals surface area contributed by atoms with Crippen molar-refractivity contribution in [2.24, 2.45) is 5.92 Å². The number of rotatable bonds is 3. The van der Waals surface area contributed by atoms with E-state index in [1.165, 1.54) is 0 Å². The highest BCUT2D eigenvalue weighted by Crippen LogP contribution is 2.39. The van der Waals surface area contributed by atoms with Gasteiger partial charge in [-0.1, -0.05) is 12.2 Å². The monoisotopic (exact) mass is 288 g/mol. The average molecular weight is 288 g/mol. The Morgan fingerprint density at radius 2 is 1.90 bits per heavy atom. The molecule has 21 heavy (non-hydrogen) atoms. The van der Waals surface area contributed by atoms with Crippen LogP contribution in [0.15, 0.2) is 16.9 Å². The molecule has 0 radical (unpaired) electrons. The van der Waals surface area contributed by atoms with Gasteiger partial charge < -0.3 is 4.90 Å². The molecule has 112 valence electrons. The normalized spacial score (nSPS) is 26.2. The molecule has 0 bridgehead atoms. The molecule has 1 amide bonds. The van der Waals surface area contributed by atoms with Crippen LogP contribution in [0.3, 0.4) is 0 Å². The molecule has 4 rings (SSSR count). The van der Waals surface area contributed by atoms with Crippen LogP contribution in [0.4, 0.5) is 0 Å². The van der Waals surface area contributed by atoms with Gasteiger partial charge in [0.15, 0.2) is 0 Å². The van der Waals surface area contributed by atoms with E-state index >= 15 is 0 Å². The Morgan fingerprint density at radius 3 is 2.48 bits per heavy atom. The molecule has 2 aliphatic carbocycles. The van der Waals surface area contributed by atoms with Gasteiger partial charge in [0.1, 0.15) is 5.82 Å². The Bertz CT molecular complexity index is 647. The summed E-state index contributed by atoms with van der Waals surface area (Å²) >= 11 is 0. The molecule has 1 atom stereocenters. The number of carbonyl (C=O) groups is 1. The van der Waals surface area contributed by atoms with Gasteiger partial charge in [0.2, 0.25) is 5.91 Å². The van der Waals surface area contributed by atoms with Gasteiger partial charge in [0.25, 0.3) is 0 Å². The summed E-state index contributed by atoms with van der Waals surface area (Å²) in [4.78, 5) is 28.9. The number of nitrogens with one attached hydrogen (secondary N) is 1. The highest BCUT2D eigenvalue weighted by Gasteiger charge is 2.39. The minimum atomic E-state index is -0.0998. The maximum Gasteiger partial charge on any atom is 0.343 e. The second-order valence-corrected chi connectivity index (χ2v) is 6.51. The number of hydrogen-bond donors (Lipinski definition) is 1. The largest absolute Gasteiger partial charge is 0.343 e. The third-order valence-corrected chi connectivity index (χ3v) is 4.84. The molecule has 2 saturated carbocycles. The standard InChI is InChI=1S/C15H20N4O2/c1-9-8-12(9)14(20)18-6-4-11(5-7-18)19-15(21)16-13(17-19)10-2-3-10/h10-12H,1-8H2,(H,16,17,21). The van der Waals surface area contributed by atoms with Gasteiger partial charge >= 0.3 is 5.69 Å². The van der Waals surface area contributed by atoms with E-state index in [0.717, 1.165) is 43.5 Å². The molecular weight excluding hydrogens is 268 g/mol. The Hall–Kier alpha value is -1.85. The molecule has 6 nitrogen and oxygen atoms in total. The molecule has 1 aromatic heterocycles. The Kier molecular flexibility index (Phi) is 2.80. The van der Waals surface area contributed by atoms with E-state index in [4.69, 9.17) is 0 Å². The first-order chi connectivity index (χ1) is 10.1. The summed E-state index contributed by atoms with van der Waals surface area (Å²) in [6, 6.07) is 0.118. The molecule has 2 heterocycles. The van der Waals surface area contributed by atoms with E-state index < -0.39 is 0 Å². The number of H-pyrrole nitrogens is 1. The first kappa shape index (κ1) is 12.9. The fourth-order valence-electron chi connectivity index (χ4n) is 3.16. The number of aromatic nitrogens is 3. The van der Waals surface area contributed by atoms with Gasteiger partial charge in [-0.15, -0.1) is 0 Å². The topological polar surface area (TPSA) is 71.0 Å². The van der Waals surface area contributed by atoms with Crippen LogP contribution < -0.4 is 5.69 Å². The summed E-state index contributed by atoms with van der Waals surface area (Å²) in [5.41, 5.74) is 0.956. The van der Waals surface area contributed by atoms with Gasteiger partial charge in [-0.25, -0.2) is 9.48 Å². The van der Waals surface area contributed by atoms with Gasteiger partial charge in [-0.05, 0) is 32.1 Å². The van der Waals surface area contributed by atoms with Crippen LogP contribution in [0.2, 0.25) is 0 Å². The highest BCUT2D eigenvalue weighted by molar-refractivity contribution is 5.86. The SMILES string of the molecule is C=C1CC1C(=O)N1CCC(n2nc(C3CC3)[nH]c2=O)CC1. The lowest BCUT2D eigenvalue weighted by Crippen LogP contribution is -2.41. The second-order valence-electron chi connectivity index (χ2n) is 6.51. The molecule has 1 aliphatic heterocycles. The van der Waals surface area contributed by atoms with Crippen molar-refractivity contribution in [2.75, 3.05) is 13.1 Å².